The minimum Gasteiger partial charge on any atom is -0.372 e. The van der Waals surface area contributed by atoms with Crippen molar-refractivity contribution >= 4 is 28.7 Å². The third-order valence-corrected chi connectivity index (χ3v) is 5.59. The number of H-pyrrole nitrogens is 1. The fourth-order valence-corrected chi connectivity index (χ4v) is 3.82. The summed E-state index contributed by atoms with van der Waals surface area (Å²) in [5.41, 5.74) is 4.96. The molecule has 154 valence electrons. The highest BCUT2D eigenvalue weighted by Gasteiger charge is 2.18. The summed E-state index contributed by atoms with van der Waals surface area (Å²) in [7, 11) is 2.19. The number of hydrogen-bond acceptors (Lipinski definition) is 7. The van der Waals surface area contributed by atoms with Gasteiger partial charge in [0.15, 0.2) is 5.65 Å². The molecule has 1 aliphatic carbocycles. The molecule has 0 atom stereocenters. The van der Waals surface area contributed by atoms with Crippen LogP contribution >= 0.6 is 0 Å². The van der Waals surface area contributed by atoms with Crippen molar-refractivity contribution in [2.45, 2.75) is 12.8 Å². The molecule has 30 heavy (non-hydrogen) atoms. The number of hydrogen-bond donors (Lipinski definition) is 3. The zero-order valence-corrected chi connectivity index (χ0v) is 17.1. The van der Waals surface area contributed by atoms with Crippen LogP contribution in [0.5, 0.6) is 0 Å². The first kappa shape index (κ1) is 18.6. The summed E-state index contributed by atoms with van der Waals surface area (Å²) in [5.74, 6) is 1.22. The molecule has 3 N–H and O–H groups in total. The van der Waals surface area contributed by atoms with Crippen LogP contribution in [0.2, 0.25) is 0 Å². The maximum atomic E-state index is 4.57. The Morgan fingerprint density at radius 2 is 1.77 bits per heavy atom. The minimum atomic E-state index is 0.572. The van der Waals surface area contributed by atoms with E-state index in [1.54, 1.807) is 6.20 Å². The number of rotatable bonds is 5. The van der Waals surface area contributed by atoms with Gasteiger partial charge in [-0.15, -0.1) is 0 Å². The number of aromatic nitrogens is 4. The molecule has 0 radical (unpaired) electrons. The zero-order chi connectivity index (χ0) is 20.3. The quantitative estimate of drug-likeness (QED) is 0.604. The van der Waals surface area contributed by atoms with E-state index < -0.39 is 0 Å². The Kier molecular flexibility index (Phi) is 5.06. The van der Waals surface area contributed by atoms with Gasteiger partial charge >= 0.3 is 0 Å². The number of nitrogens with one attached hydrogen (secondary N) is 3. The number of allylic oxidation sites excluding steroid dienone is 4. The van der Waals surface area contributed by atoms with Crippen molar-refractivity contribution in [1.82, 2.24) is 29.7 Å². The Morgan fingerprint density at radius 1 is 0.933 bits per heavy atom. The summed E-state index contributed by atoms with van der Waals surface area (Å²) >= 11 is 0. The average molecular weight is 403 g/mol. The van der Waals surface area contributed by atoms with Gasteiger partial charge in [0.05, 0.1) is 6.20 Å². The fourth-order valence-electron chi connectivity index (χ4n) is 3.82. The lowest BCUT2D eigenvalue weighted by atomic mass is 10.1. The summed E-state index contributed by atoms with van der Waals surface area (Å²) in [5, 5.41) is 6.61. The Morgan fingerprint density at radius 3 is 2.53 bits per heavy atom. The van der Waals surface area contributed by atoms with Crippen LogP contribution < -0.4 is 10.6 Å². The zero-order valence-electron chi connectivity index (χ0n) is 17.1. The molecule has 0 saturated carbocycles. The fraction of sp³-hybridized carbons (Fsp3) is 0.318. The summed E-state index contributed by atoms with van der Waals surface area (Å²) in [4.78, 5) is 21.6. The van der Waals surface area contributed by atoms with Crippen molar-refractivity contribution in [3.05, 3.63) is 60.1 Å². The molecule has 0 spiro atoms. The van der Waals surface area contributed by atoms with Crippen LogP contribution in [0.3, 0.4) is 0 Å². The number of benzene rings is 1. The van der Waals surface area contributed by atoms with Gasteiger partial charge in [-0.3, -0.25) is 0 Å². The Balaban J connectivity index is 1.26. The molecular weight excluding hydrogens is 376 g/mol. The van der Waals surface area contributed by atoms with Crippen LogP contribution in [0.25, 0.3) is 11.2 Å². The highest BCUT2D eigenvalue weighted by molar-refractivity contribution is 5.75. The first-order valence-corrected chi connectivity index (χ1v) is 10.4. The predicted octanol–water partition coefficient (Wildman–Crippen LogP) is 3.32. The van der Waals surface area contributed by atoms with E-state index in [1.807, 2.05) is 30.3 Å². The molecule has 3 heterocycles. The first-order valence-electron chi connectivity index (χ1n) is 10.4. The molecule has 0 amide bonds. The average Bonchev–Trinajstić information content (AvgIpc) is 3.17. The van der Waals surface area contributed by atoms with E-state index in [-0.39, 0.29) is 0 Å². The van der Waals surface area contributed by atoms with Crippen LogP contribution in [0.4, 0.5) is 17.6 Å². The Labute approximate surface area is 175 Å². The van der Waals surface area contributed by atoms with E-state index in [9.17, 15) is 0 Å². The van der Waals surface area contributed by atoms with Gasteiger partial charge in [-0.05, 0) is 44.2 Å². The number of para-hydroxylation sites is 1. The second-order valence-corrected chi connectivity index (χ2v) is 7.77. The van der Waals surface area contributed by atoms with Gasteiger partial charge < -0.3 is 25.4 Å². The summed E-state index contributed by atoms with van der Waals surface area (Å²) in [6.45, 7) is 4.48. The van der Waals surface area contributed by atoms with E-state index in [2.05, 4.69) is 59.6 Å². The lowest BCUT2D eigenvalue weighted by Crippen LogP contribution is -2.44. The first-order chi connectivity index (χ1) is 14.7. The van der Waals surface area contributed by atoms with Gasteiger partial charge in [-0.1, -0.05) is 18.2 Å². The molecule has 0 bridgehead atoms. The SMILES string of the molecule is CN1CCN(C2=CC=C(Nc3ncc4[nH]c(Nc5ccccc5)nc4n3)CC2)CC1. The number of imidazole rings is 1. The normalized spacial score (nSPS) is 17.6. The molecule has 1 fully saturated rings. The molecule has 8 heteroatoms. The molecule has 1 aliphatic heterocycles. The minimum absolute atomic E-state index is 0.572. The number of anilines is 3. The van der Waals surface area contributed by atoms with Crippen molar-refractivity contribution in [2.24, 2.45) is 0 Å². The lowest BCUT2D eigenvalue weighted by Gasteiger charge is -2.36. The molecule has 2 aromatic heterocycles. The van der Waals surface area contributed by atoms with Gasteiger partial charge in [0.1, 0.15) is 5.52 Å². The van der Waals surface area contributed by atoms with Crippen molar-refractivity contribution in [3.8, 4) is 0 Å². The Hall–Kier alpha value is -3.39. The number of piperazine rings is 1. The van der Waals surface area contributed by atoms with Crippen LogP contribution in [-0.2, 0) is 0 Å². The molecule has 3 aromatic rings. The molecule has 0 unspecified atom stereocenters. The van der Waals surface area contributed by atoms with Crippen LogP contribution in [0.15, 0.2) is 60.1 Å². The van der Waals surface area contributed by atoms with E-state index in [0.717, 1.165) is 55.9 Å². The van der Waals surface area contributed by atoms with Crippen molar-refractivity contribution in [2.75, 3.05) is 43.9 Å². The smallest absolute Gasteiger partial charge is 0.229 e. The van der Waals surface area contributed by atoms with Crippen LogP contribution in [0, 0.1) is 0 Å². The van der Waals surface area contributed by atoms with Crippen molar-refractivity contribution in [3.63, 3.8) is 0 Å². The maximum Gasteiger partial charge on any atom is 0.229 e. The molecule has 1 saturated heterocycles. The topological polar surface area (TPSA) is 85.0 Å². The number of nitrogens with zero attached hydrogens (tertiary/aromatic N) is 5. The number of aromatic amines is 1. The van der Waals surface area contributed by atoms with Gasteiger partial charge in [-0.25, -0.2) is 4.98 Å². The highest BCUT2D eigenvalue weighted by atomic mass is 15.3. The van der Waals surface area contributed by atoms with E-state index in [0.29, 0.717) is 17.5 Å². The molecule has 2 aliphatic rings. The number of fused-ring (bicyclic) bond motifs is 1. The van der Waals surface area contributed by atoms with Crippen LogP contribution in [0.1, 0.15) is 12.8 Å². The van der Waals surface area contributed by atoms with E-state index in [4.69, 9.17) is 0 Å². The van der Waals surface area contributed by atoms with E-state index >= 15 is 0 Å². The second kappa shape index (κ2) is 8.16. The molecule has 5 rings (SSSR count). The van der Waals surface area contributed by atoms with Gasteiger partial charge in [0.2, 0.25) is 11.9 Å². The van der Waals surface area contributed by atoms with Crippen LogP contribution in [-0.4, -0.2) is 63.0 Å². The third-order valence-electron chi connectivity index (χ3n) is 5.59. The summed E-state index contributed by atoms with van der Waals surface area (Å²) < 4.78 is 0. The highest BCUT2D eigenvalue weighted by Crippen LogP contribution is 2.24. The second-order valence-electron chi connectivity index (χ2n) is 7.77. The third kappa shape index (κ3) is 4.13. The predicted molar refractivity (Wildman–Crippen MR) is 120 cm³/mol. The molecule has 1 aromatic carbocycles. The monoisotopic (exact) mass is 402 g/mol. The van der Waals surface area contributed by atoms with Gasteiger partial charge in [-0.2, -0.15) is 9.97 Å². The van der Waals surface area contributed by atoms with Gasteiger partial charge in [0, 0.05) is 43.3 Å². The maximum absolute atomic E-state index is 4.57. The summed E-state index contributed by atoms with van der Waals surface area (Å²) in [6.07, 6.45) is 8.14. The molecular formula is C22H26N8. The summed E-state index contributed by atoms with van der Waals surface area (Å²) in [6, 6.07) is 9.93. The van der Waals surface area contributed by atoms with E-state index in [1.165, 1.54) is 5.70 Å². The van der Waals surface area contributed by atoms with Gasteiger partial charge in [0.25, 0.3) is 0 Å². The Bertz CT molecular complexity index is 1080. The largest absolute Gasteiger partial charge is 0.372 e. The van der Waals surface area contributed by atoms with Crippen molar-refractivity contribution < 1.29 is 0 Å². The number of likely N-dealkylation sites (N-methyl/N-ethyl adjacent to an activating group) is 1. The molecule has 8 nitrogen and oxygen atoms in total. The standard InChI is InChI=1S/C22H26N8/c1-29-11-13-30(14-12-29)18-9-7-17(8-10-18)24-21-23-15-19-20(27-21)28-22(26-19)25-16-5-3-2-4-6-16/h2-7,9,15H,8,10-14H2,1H3,(H3,23,24,25,26,27,28). The van der Waals surface area contributed by atoms with Crippen molar-refractivity contribution in [1.29, 1.82) is 0 Å². The lowest BCUT2D eigenvalue weighted by molar-refractivity contribution is 0.182.